The average molecular weight is 179 g/mol. The Labute approximate surface area is 78.2 Å². The van der Waals surface area contributed by atoms with Gasteiger partial charge in [0.1, 0.15) is 0 Å². The molecule has 0 aromatic carbocycles. The fraction of sp³-hybridized carbons (Fsp3) is 0.667. The second kappa shape index (κ2) is 5.50. The van der Waals surface area contributed by atoms with Gasteiger partial charge in [0, 0.05) is 32.2 Å². The molecule has 4 heteroatoms. The molecule has 70 valence electrons. The SMILES string of the molecule is CN1CCN(CC#CN=C=O)CC1. The van der Waals surface area contributed by atoms with Gasteiger partial charge in [-0.05, 0) is 7.05 Å². The van der Waals surface area contributed by atoms with Crippen molar-refractivity contribution in [2.24, 2.45) is 4.99 Å². The van der Waals surface area contributed by atoms with Crippen LogP contribution in [0.15, 0.2) is 4.99 Å². The Morgan fingerprint density at radius 1 is 1.31 bits per heavy atom. The van der Waals surface area contributed by atoms with Crippen LogP contribution in [0.2, 0.25) is 0 Å². The molecule has 13 heavy (non-hydrogen) atoms. The normalized spacial score (nSPS) is 18.5. The van der Waals surface area contributed by atoms with E-state index in [0.717, 1.165) is 26.2 Å². The Morgan fingerprint density at radius 2 is 2.00 bits per heavy atom. The Bertz CT molecular complexity index is 252. The monoisotopic (exact) mass is 179 g/mol. The van der Waals surface area contributed by atoms with Gasteiger partial charge in [-0.15, -0.1) is 4.99 Å². The lowest BCUT2D eigenvalue weighted by atomic mass is 10.3. The Morgan fingerprint density at radius 3 is 2.62 bits per heavy atom. The summed E-state index contributed by atoms with van der Waals surface area (Å²) in [5.74, 6) is 2.80. The fourth-order valence-corrected chi connectivity index (χ4v) is 1.22. The topological polar surface area (TPSA) is 35.9 Å². The van der Waals surface area contributed by atoms with Gasteiger partial charge in [-0.2, -0.15) is 0 Å². The van der Waals surface area contributed by atoms with E-state index in [4.69, 9.17) is 0 Å². The molecule has 1 aliphatic rings. The maximum Gasteiger partial charge on any atom is 0.249 e. The van der Waals surface area contributed by atoms with E-state index in [-0.39, 0.29) is 0 Å². The number of hydrogen-bond donors (Lipinski definition) is 0. The number of piperazine rings is 1. The molecule has 1 rings (SSSR count). The van der Waals surface area contributed by atoms with Crippen LogP contribution >= 0.6 is 0 Å². The van der Waals surface area contributed by atoms with Crippen LogP contribution in [-0.2, 0) is 4.79 Å². The van der Waals surface area contributed by atoms with E-state index in [2.05, 4.69) is 33.8 Å². The molecule has 0 saturated carbocycles. The Balaban J connectivity index is 2.24. The van der Waals surface area contributed by atoms with Crippen molar-refractivity contribution in [2.45, 2.75) is 0 Å². The lowest BCUT2D eigenvalue weighted by molar-refractivity contribution is 0.168. The first-order valence-electron chi connectivity index (χ1n) is 4.28. The minimum absolute atomic E-state index is 0.693. The van der Waals surface area contributed by atoms with E-state index in [1.807, 2.05) is 0 Å². The molecule has 4 nitrogen and oxygen atoms in total. The van der Waals surface area contributed by atoms with Crippen LogP contribution in [0.5, 0.6) is 0 Å². The molecule has 0 radical (unpaired) electrons. The lowest BCUT2D eigenvalue weighted by Gasteiger charge is -2.30. The van der Waals surface area contributed by atoms with E-state index in [1.54, 1.807) is 0 Å². The number of likely N-dealkylation sites (N-methyl/N-ethyl adjacent to an activating group) is 1. The third-order valence-corrected chi connectivity index (χ3v) is 2.08. The van der Waals surface area contributed by atoms with Crippen molar-refractivity contribution in [3.05, 3.63) is 0 Å². The second-order valence-electron chi connectivity index (χ2n) is 3.07. The summed E-state index contributed by atoms with van der Waals surface area (Å²) >= 11 is 0. The van der Waals surface area contributed by atoms with Gasteiger partial charge < -0.3 is 4.90 Å². The summed E-state index contributed by atoms with van der Waals surface area (Å²) in [5, 5.41) is 0. The Kier molecular flexibility index (Phi) is 4.20. The minimum atomic E-state index is 0.693. The highest BCUT2D eigenvalue weighted by atomic mass is 16.1. The minimum Gasteiger partial charge on any atom is -0.304 e. The number of isocyanates is 1. The zero-order valence-electron chi connectivity index (χ0n) is 7.79. The smallest absolute Gasteiger partial charge is 0.249 e. The zero-order chi connectivity index (χ0) is 9.52. The molecule has 1 aliphatic heterocycles. The van der Waals surface area contributed by atoms with Gasteiger partial charge in [-0.25, -0.2) is 4.79 Å². The van der Waals surface area contributed by atoms with Crippen molar-refractivity contribution in [1.29, 1.82) is 0 Å². The second-order valence-corrected chi connectivity index (χ2v) is 3.07. The maximum absolute atomic E-state index is 9.68. The number of hydrogen-bond acceptors (Lipinski definition) is 4. The summed E-state index contributed by atoms with van der Waals surface area (Å²) in [6, 6.07) is 2.39. The van der Waals surface area contributed by atoms with E-state index < -0.39 is 0 Å². The lowest BCUT2D eigenvalue weighted by Crippen LogP contribution is -2.44. The molecular formula is C9H13N3O. The molecule has 1 fully saturated rings. The van der Waals surface area contributed by atoms with Crippen LogP contribution in [-0.4, -0.2) is 55.7 Å². The highest BCUT2D eigenvalue weighted by Crippen LogP contribution is 1.96. The van der Waals surface area contributed by atoms with Crippen LogP contribution in [0.3, 0.4) is 0 Å². The molecule has 0 bridgehead atoms. The van der Waals surface area contributed by atoms with Crippen LogP contribution in [0.1, 0.15) is 0 Å². The number of aliphatic imine (C=N–C) groups is 1. The predicted molar refractivity (Wildman–Crippen MR) is 49.8 cm³/mol. The summed E-state index contributed by atoms with van der Waals surface area (Å²) in [7, 11) is 2.11. The molecule has 0 spiro atoms. The molecule has 0 atom stereocenters. The number of carbonyl (C=O) groups excluding carboxylic acids is 1. The van der Waals surface area contributed by atoms with Crippen molar-refractivity contribution in [1.82, 2.24) is 9.80 Å². The molecule has 0 aliphatic carbocycles. The van der Waals surface area contributed by atoms with Crippen LogP contribution in [0.25, 0.3) is 0 Å². The molecule has 0 N–H and O–H groups in total. The molecule has 1 saturated heterocycles. The van der Waals surface area contributed by atoms with Gasteiger partial charge in [0.15, 0.2) is 0 Å². The summed E-state index contributed by atoms with van der Waals surface area (Å²) < 4.78 is 0. The van der Waals surface area contributed by atoms with Crippen LogP contribution in [0, 0.1) is 12.0 Å². The van der Waals surface area contributed by atoms with Gasteiger partial charge in [0.2, 0.25) is 6.08 Å². The Hall–Kier alpha value is -1.14. The molecular weight excluding hydrogens is 166 g/mol. The quantitative estimate of drug-likeness (QED) is 0.310. The fourth-order valence-electron chi connectivity index (χ4n) is 1.22. The summed E-state index contributed by atoms with van der Waals surface area (Å²) in [6.07, 6.45) is 1.39. The van der Waals surface area contributed by atoms with Crippen molar-refractivity contribution >= 4 is 6.08 Å². The van der Waals surface area contributed by atoms with E-state index >= 15 is 0 Å². The molecule has 0 aromatic heterocycles. The first kappa shape index (κ1) is 9.94. The third kappa shape index (κ3) is 3.86. The van der Waals surface area contributed by atoms with E-state index in [1.165, 1.54) is 6.08 Å². The first-order chi connectivity index (χ1) is 6.33. The highest BCUT2D eigenvalue weighted by Gasteiger charge is 2.11. The summed E-state index contributed by atoms with van der Waals surface area (Å²) in [4.78, 5) is 17.4. The third-order valence-electron chi connectivity index (χ3n) is 2.08. The van der Waals surface area contributed by atoms with Gasteiger partial charge in [0.05, 0.1) is 6.54 Å². The average Bonchev–Trinajstić information content (AvgIpc) is 2.15. The zero-order valence-corrected chi connectivity index (χ0v) is 7.79. The van der Waals surface area contributed by atoms with Crippen molar-refractivity contribution in [3.63, 3.8) is 0 Å². The summed E-state index contributed by atoms with van der Waals surface area (Å²) in [6.45, 7) is 4.93. The molecule has 0 unspecified atom stereocenters. The first-order valence-corrected chi connectivity index (χ1v) is 4.28. The van der Waals surface area contributed by atoms with Crippen molar-refractivity contribution in [2.75, 3.05) is 39.8 Å². The van der Waals surface area contributed by atoms with Gasteiger partial charge in [-0.3, -0.25) is 4.90 Å². The molecule has 0 amide bonds. The van der Waals surface area contributed by atoms with Crippen LogP contribution in [0.4, 0.5) is 0 Å². The maximum atomic E-state index is 9.68. The van der Waals surface area contributed by atoms with Crippen LogP contribution < -0.4 is 0 Å². The predicted octanol–water partition coefficient (Wildman–Crippen LogP) is -0.469. The standard InChI is InChI=1S/C9H13N3O/c1-11-5-7-12(8-6-11)4-2-3-10-9-13/h4-8H2,1H3. The number of nitrogens with zero attached hydrogens (tertiary/aromatic N) is 3. The highest BCUT2D eigenvalue weighted by molar-refractivity contribution is 5.36. The molecule has 0 aromatic rings. The van der Waals surface area contributed by atoms with Gasteiger partial charge in [-0.1, -0.05) is 5.92 Å². The van der Waals surface area contributed by atoms with Crippen molar-refractivity contribution in [3.8, 4) is 12.0 Å². The number of rotatable bonds is 1. The van der Waals surface area contributed by atoms with Gasteiger partial charge >= 0.3 is 0 Å². The summed E-state index contributed by atoms with van der Waals surface area (Å²) in [5.41, 5.74) is 0. The van der Waals surface area contributed by atoms with Crippen molar-refractivity contribution < 1.29 is 4.79 Å². The van der Waals surface area contributed by atoms with Gasteiger partial charge in [0.25, 0.3) is 0 Å². The molecule has 1 heterocycles. The van der Waals surface area contributed by atoms with E-state index in [9.17, 15) is 4.79 Å². The van der Waals surface area contributed by atoms with E-state index in [0.29, 0.717) is 6.54 Å². The largest absolute Gasteiger partial charge is 0.304 e.